The molecule has 0 saturated heterocycles. The van der Waals surface area contributed by atoms with Crippen LogP contribution in [0.1, 0.15) is 0 Å². The predicted molar refractivity (Wildman–Crippen MR) is 316 cm³/mol. The van der Waals surface area contributed by atoms with Crippen molar-refractivity contribution in [3.8, 4) is 22.5 Å². The summed E-state index contributed by atoms with van der Waals surface area (Å²) in [4.78, 5) is 2.44. The average Bonchev–Trinajstić information content (AvgIpc) is 3.99. The second-order valence-electron chi connectivity index (χ2n) is 19.3. The number of hydrogen-bond acceptors (Lipinski definition) is 1. The molecule has 0 aliphatic heterocycles. The Bertz CT molecular complexity index is 4240. The standard InChI is InChI=1S/C70H49GeN3/c1-6-22-54(23-7-1)71(55-24-8-2-9-25-55,56-26-10-3-11-27-56)57-38-34-51(35-39-57)53-37-43-68-64(47-53)66-49-62(42-45-70(66)74(68)59-30-14-5-15-31-59)72(60-40-36-50-20-16-17-21-52(50)46-60)61-41-44-69-65(48-61)63-32-18-19-33-67(63)73(69)58-28-12-4-13-29-58/h1-49H. The van der Waals surface area contributed by atoms with Crippen molar-refractivity contribution in [3.05, 3.63) is 297 Å². The molecule has 4 heteroatoms. The predicted octanol–water partition coefficient (Wildman–Crippen LogP) is 15.5. The summed E-state index contributed by atoms with van der Waals surface area (Å²) in [5.41, 5.74) is 12.6. The number of anilines is 3. The van der Waals surface area contributed by atoms with E-state index in [9.17, 15) is 0 Å². The minimum absolute atomic E-state index is 1.09. The Morgan fingerprint density at radius 3 is 1.18 bits per heavy atom. The molecular formula is C70H49GeN3. The van der Waals surface area contributed by atoms with Gasteiger partial charge >= 0.3 is 272 Å². The first-order valence-corrected chi connectivity index (χ1v) is 29.7. The molecule has 0 aliphatic carbocycles. The fourth-order valence-corrected chi connectivity index (χ4v) is 21.8. The van der Waals surface area contributed by atoms with Crippen molar-refractivity contribution >= 4 is 102 Å². The molecule has 3 nitrogen and oxygen atoms in total. The van der Waals surface area contributed by atoms with Crippen LogP contribution in [-0.2, 0) is 0 Å². The Balaban J connectivity index is 0.956. The SMILES string of the molecule is c1ccc(-n2c3ccccc3c3cc(N(c4ccc5ccccc5c4)c4ccc5c(c4)c4cc(-c6cc[c]([Ge]([c]7ccccc7)([c]7ccccc7)[c]7ccccc7)cc6)ccc4n5-c4ccccc4)ccc32)cc1. The summed E-state index contributed by atoms with van der Waals surface area (Å²) in [6.07, 6.45) is 0. The molecule has 2 heterocycles. The zero-order valence-corrected chi connectivity index (χ0v) is 42.7. The van der Waals surface area contributed by atoms with Crippen LogP contribution in [-0.4, -0.2) is 22.4 Å². The summed E-state index contributed by atoms with van der Waals surface area (Å²) in [7, 11) is 0. The van der Waals surface area contributed by atoms with E-state index < -0.39 is 13.3 Å². The molecule has 0 bridgehead atoms. The maximum absolute atomic E-state index is 3.43. The van der Waals surface area contributed by atoms with Gasteiger partial charge in [0, 0.05) is 16.5 Å². The van der Waals surface area contributed by atoms with Crippen LogP contribution >= 0.6 is 0 Å². The summed E-state index contributed by atoms with van der Waals surface area (Å²) >= 11 is -3.43. The van der Waals surface area contributed by atoms with E-state index in [4.69, 9.17) is 0 Å². The van der Waals surface area contributed by atoms with Crippen molar-refractivity contribution in [2.75, 3.05) is 4.90 Å². The van der Waals surface area contributed by atoms with Gasteiger partial charge in [0.25, 0.3) is 0 Å². The molecule has 0 radical (unpaired) electrons. The molecule has 74 heavy (non-hydrogen) atoms. The first-order valence-electron chi connectivity index (χ1n) is 25.5. The molecule has 0 amide bonds. The van der Waals surface area contributed by atoms with E-state index in [0.717, 1.165) is 34.0 Å². The summed E-state index contributed by atoms with van der Waals surface area (Å²) in [6.45, 7) is 0. The maximum atomic E-state index is 2.44. The van der Waals surface area contributed by atoms with Crippen molar-refractivity contribution in [2.45, 2.75) is 0 Å². The third kappa shape index (κ3) is 7.19. The second kappa shape index (κ2) is 18.2. The number of nitrogens with zero attached hydrogens (tertiary/aromatic N) is 3. The number of benzene rings is 12. The third-order valence-corrected chi connectivity index (χ3v) is 25.3. The minimum atomic E-state index is -3.43. The normalized spacial score (nSPS) is 11.8. The zero-order valence-electron chi connectivity index (χ0n) is 40.6. The quantitative estimate of drug-likeness (QED) is 0.124. The molecule has 0 N–H and O–H groups in total. The minimum Gasteiger partial charge on any atom is -0.0602 e. The van der Waals surface area contributed by atoms with Crippen molar-refractivity contribution in [1.29, 1.82) is 0 Å². The molecular weight excluding hydrogens is 955 g/mol. The van der Waals surface area contributed by atoms with Gasteiger partial charge in [-0.15, -0.1) is 0 Å². The van der Waals surface area contributed by atoms with Gasteiger partial charge in [-0.3, -0.25) is 0 Å². The fourth-order valence-electron chi connectivity index (χ4n) is 11.9. The largest absolute Gasteiger partial charge is 0.0602 e. The molecule has 0 fully saturated rings. The molecule has 14 rings (SSSR count). The molecule has 0 aliphatic rings. The topological polar surface area (TPSA) is 13.1 Å². The van der Waals surface area contributed by atoms with Crippen LogP contribution in [0.5, 0.6) is 0 Å². The van der Waals surface area contributed by atoms with Crippen molar-refractivity contribution < 1.29 is 0 Å². The van der Waals surface area contributed by atoms with Gasteiger partial charge in [-0.05, 0) is 59.3 Å². The first kappa shape index (κ1) is 43.6. The third-order valence-electron chi connectivity index (χ3n) is 15.2. The number of aromatic nitrogens is 2. The van der Waals surface area contributed by atoms with Gasteiger partial charge in [-0.2, -0.15) is 0 Å². The van der Waals surface area contributed by atoms with E-state index in [1.807, 2.05) is 0 Å². The maximum Gasteiger partial charge on any atom is 0.0542 e. The van der Waals surface area contributed by atoms with Gasteiger partial charge < -0.3 is 4.57 Å². The molecule has 348 valence electrons. The summed E-state index contributed by atoms with van der Waals surface area (Å²) in [5.74, 6) is 0. The van der Waals surface area contributed by atoms with Crippen LogP contribution in [0.3, 0.4) is 0 Å². The first-order chi connectivity index (χ1) is 36.7. The van der Waals surface area contributed by atoms with Crippen molar-refractivity contribution in [1.82, 2.24) is 9.13 Å². The average molecular weight is 1000 g/mol. The van der Waals surface area contributed by atoms with E-state index in [-0.39, 0.29) is 0 Å². The molecule has 0 atom stereocenters. The Hall–Kier alpha value is -9.16. The van der Waals surface area contributed by atoms with E-state index in [0.29, 0.717) is 0 Å². The van der Waals surface area contributed by atoms with E-state index in [1.54, 1.807) is 0 Å². The fraction of sp³-hybridized carbons (Fsp3) is 0. The number of fused-ring (bicyclic) bond motifs is 7. The van der Waals surface area contributed by atoms with Gasteiger partial charge in [0.15, 0.2) is 0 Å². The van der Waals surface area contributed by atoms with E-state index in [2.05, 4.69) is 311 Å². The summed E-state index contributed by atoms with van der Waals surface area (Å²) in [6, 6.07) is 110. The van der Waals surface area contributed by atoms with Crippen molar-refractivity contribution in [2.24, 2.45) is 0 Å². The van der Waals surface area contributed by atoms with Crippen LogP contribution in [0.25, 0.3) is 76.9 Å². The molecule has 0 unspecified atom stereocenters. The Kier molecular flexibility index (Phi) is 10.7. The van der Waals surface area contributed by atoms with Gasteiger partial charge in [-0.25, -0.2) is 0 Å². The summed E-state index contributed by atoms with van der Waals surface area (Å²) in [5, 5.41) is 7.25. The smallest absolute Gasteiger partial charge is 0.0542 e. The van der Waals surface area contributed by atoms with Gasteiger partial charge in [0.2, 0.25) is 0 Å². The van der Waals surface area contributed by atoms with Crippen LogP contribution in [0.4, 0.5) is 17.1 Å². The molecule has 0 spiro atoms. The molecule has 2 aromatic heterocycles. The Labute approximate surface area is 433 Å². The zero-order chi connectivity index (χ0) is 49.0. The van der Waals surface area contributed by atoms with Crippen LogP contribution in [0.2, 0.25) is 0 Å². The van der Waals surface area contributed by atoms with Gasteiger partial charge in [-0.1, -0.05) is 72.8 Å². The van der Waals surface area contributed by atoms with Crippen LogP contribution < -0.4 is 22.5 Å². The van der Waals surface area contributed by atoms with Gasteiger partial charge in [0.05, 0.1) is 11.0 Å². The molecule has 14 aromatic rings. The van der Waals surface area contributed by atoms with Crippen molar-refractivity contribution in [3.63, 3.8) is 0 Å². The Morgan fingerprint density at radius 1 is 0.243 bits per heavy atom. The Morgan fingerprint density at radius 2 is 0.622 bits per heavy atom. The van der Waals surface area contributed by atoms with Crippen LogP contribution in [0, 0.1) is 0 Å². The summed E-state index contributed by atoms with van der Waals surface area (Å²) < 4.78 is 10.5. The number of rotatable bonds is 10. The monoisotopic (exact) mass is 1010 g/mol. The van der Waals surface area contributed by atoms with Gasteiger partial charge in [0.1, 0.15) is 0 Å². The van der Waals surface area contributed by atoms with E-state index in [1.165, 1.54) is 77.6 Å². The van der Waals surface area contributed by atoms with Crippen LogP contribution in [0.15, 0.2) is 297 Å². The number of hydrogen-bond donors (Lipinski definition) is 0. The second-order valence-corrected chi connectivity index (χ2v) is 27.3. The van der Waals surface area contributed by atoms with E-state index >= 15 is 0 Å². The molecule has 0 saturated carbocycles. The molecule has 12 aromatic carbocycles. The number of para-hydroxylation sites is 3.